The lowest BCUT2D eigenvalue weighted by molar-refractivity contribution is 0.0693. The Labute approximate surface area is 104 Å². The van der Waals surface area contributed by atoms with Crippen molar-refractivity contribution in [1.82, 2.24) is 4.98 Å². The Morgan fingerprint density at radius 3 is 2.82 bits per heavy atom. The van der Waals surface area contributed by atoms with Gasteiger partial charge < -0.3 is 15.5 Å². The fraction of sp³-hybridized carbons (Fsp3) is 0.455. The van der Waals surface area contributed by atoms with Gasteiger partial charge in [0.15, 0.2) is 0 Å². The Kier molecular flexibility index (Phi) is 4.31. The van der Waals surface area contributed by atoms with Gasteiger partial charge in [-0.25, -0.2) is 9.78 Å². The number of aliphatic hydroxyl groups is 1. The van der Waals surface area contributed by atoms with Crippen LogP contribution < -0.4 is 5.32 Å². The van der Waals surface area contributed by atoms with Gasteiger partial charge in [0.25, 0.3) is 0 Å². The van der Waals surface area contributed by atoms with Crippen LogP contribution in [0.15, 0.2) is 12.3 Å². The molecule has 0 spiro atoms. The molecule has 0 radical (unpaired) electrons. The molecule has 0 bridgehead atoms. The van der Waals surface area contributed by atoms with Crippen LogP contribution in [-0.2, 0) is 0 Å². The zero-order valence-corrected chi connectivity index (χ0v) is 10.5. The van der Waals surface area contributed by atoms with Gasteiger partial charge in [-0.1, -0.05) is 18.5 Å². The van der Waals surface area contributed by atoms with Crippen molar-refractivity contribution in [2.45, 2.75) is 25.9 Å². The van der Waals surface area contributed by atoms with E-state index in [4.69, 9.17) is 16.7 Å². The fourth-order valence-corrected chi connectivity index (χ4v) is 1.29. The van der Waals surface area contributed by atoms with Crippen molar-refractivity contribution in [3.05, 3.63) is 22.8 Å². The first kappa shape index (κ1) is 13.7. The third-order valence-electron chi connectivity index (χ3n) is 2.50. The molecule has 0 aromatic carbocycles. The third-order valence-corrected chi connectivity index (χ3v) is 2.80. The van der Waals surface area contributed by atoms with Crippen molar-refractivity contribution in [1.29, 1.82) is 0 Å². The number of carboxylic acid groups (broad SMARTS) is 1. The molecular formula is C11H15ClN2O3. The minimum absolute atomic E-state index is 0.0136. The van der Waals surface area contributed by atoms with Gasteiger partial charge in [0, 0.05) is 12.7 Å². The number of aromatic nitrogens is 1. The highest BCUT2D eigenvalue weighted by Gasteiger charge is 2.18. The van der Waals surface area contributed by atoms with E-state index in [1.165, 1.54) is 12.3 Å². The first-order valence-corrected chi connectivity index (χ1v) is 5.58. The van der Waals surface area contributed by atoms with E-state index in [1.807, 2.05) is 6.92 Å². The van der Waals surface area contributed by atoms with Gasteiger partial charge in [-0.3, -0.25) is 0 Å². The van der Waals surface area contributed by atoms with E-state index in [1.54, 1.807) is 6.92 Å². The summed E-state index contributed by atoms with van der Waals surface area (Å²) in [7, 11) is 0. The first-order valence-electron chi connectivity index (χ1n) is 5.21. The number of halogens is 1. The molecule has 0 saturated heterocycles. The van der Waals surface area contributed by atoms with E-state index in [9.17, 15) is 9.90 Å². The quantitative estimate of drug-likeness (QED) is 0.753. The largest absolute Gasteiger partial charge is 0.478 e. The Morgan fingerprint density at radius 1 is 1.65 bits per heavy atom. The molecule has 94 valence electrons. The predicted octanol–water partition coefficient (Wildman–Crippen LogP) is 2.01. The molecule has 1 aromatic heterocycles. The molecule has 0 fully saturated rings. The maximum absolute atomic E-state index is 10.8. The SMILES string of the molecule is CCC(C)(O)CNc1cc(C(=O)O)c(Cl)cn1. The predicted molar refractivity (Wildman–Crippen MR) is 65.6 cm³/mol. The van der Waals surface area contributed by atoms with Crippen molar-refractivity contribution in [3.63, 3.8) is 0 Å². The maximum Gasteiger partial charge on any atom is 0.337 e. The number of rotatable bonds is 5. The monoisotopic (exact) mass is 258 g/mol. The molecule has 0 aliphatic carbocycles. The summed E-state index contributed by atoms with van der Waals surface area (Å²) >= 11 is 5.69. The highest BCUT2D eigenvalue weighted by Crippen LogP contribution is 2.18. The number of carboxylic acids is 1. The third kappa shape index (κ3) is 3.87. The van der Waals surface area contributed by atoms with Crippen LogP contribution in [0.1, 0.15) is 30.6 Å². The maximum atomic E-state index is 10.8. The number of hydrogen-bond acceptors (Lipinski definition) is 4. The van der Waals surface area contributed by atoms with Gasteiger partial charge in [0.1, 0.15) is 5.82 Å². The van der Waals surface area contributed by atoms with Crippen LogP contribution in [0, 0.1) is 0 Å². The summed E-state index contributed by atoms with van der Waals surface area (Å²) in [5.41, 5.74) is -0.870. The van der Waals surface area contributed by atoms with Crippen LogP contribution >= 0.6 is 11.6 Å². The lowest BCUT2D eigenvalue weighted by Gasteiger charge is -2.21. The highest BCUT2D eigenvalue weighted by atomic mass is 35.5. The Morgan fingerprint density at radius 2 is 2.29 bits per heavy atom. The number of nitrogens with zero attached hydrogens (tertiary/aromatic N) is 1. The number of hydrogen-bond donors (Lipinski definition) is 3. The minimum atomic E-state index is -1.11. The summed E-state index contributed by atoms with van der Waals surface area (Å²) in [5.74, 6) is -0.733. The van der Waals surface area contributed by atoms with Crippen LogP contribution in [0.2, 0.25) is 5.02 Å². The smallest absolute Gasteiger partial charge is 0.337 e. The fourth-order valence-electron chi connectivity index (χ4n) is 1.11. The van der Waals surface area contributed by atoms with Gasteiger partial charge in [0.05, 0.1) is 16.2 Å². The molecule has 0 aliphatic heterocycles. The number of nitrogens with one attached hydrogen (secondary N) is 1. The molecule has 0 saturated carbocycles. The van der Waals surface area contributed by atoms with Crippen molar-refractivity contribution < 1.29 is 15.0 Å². The van der Waals surface area contributed by atoms with Gasteiger partial charge >= 0.3 is 5.97 Å². The molecule has 3 N–H and O–H groups in total. The molecule has 6 heteroatoms. The van der Waals surface area contributed by atoms with Crippen molar-refractivity contribution in [2.24, 2.45) is 0 Å². The average molecular weight is 259 g/mol. The normalized spacial score (nSPS) is 14.1. The second-order valence-corrected chi connectivity index (χ2v) is 4.47. The molecule has 0 amide bonds. The van der Waals surface area contributed by atoms with E-state index in [0.29, 0.717) is 12.2 Å². The van der Waals surface area contributed by atoms with E-state index < -0.39 is 11.6 Å². The zero-order chi connectivity index (χ0) is 13.1. The van der Waals surface area contributed by atoms with Crippen LogP contribution in [0.4, 0.5) is 5.82 Å². The summed E-state index contributed by atoms with van der Waals surface area (Å²) in [6, 6.07) is 1.34. The lowest BCUT2D eigenvalue weighted by atomic mass is 10.0. The summed E-state index contributed by atoms with van der Waals surface area (Å²) < 4.78 is 0. The van der Waals surface area contributed by atoms with E-state index >= 15 is 0 Å². The van der Waals surface area contributed by atoms with Gasteiger partial charge in [-0.2, -0.15) is 0 Å². The molecule has 1 rings (SSSR count). The van der Waals surface area contributed by atoms with Crippen molar-refractivity contribution >= 4 is 23.4 Å². The first-order chi connectivity index (χ1) is 7.85. The van der Waals surface area contributed by atoms with Crippen LogP contribution in [0.5, 0.6) is 0 Å². The lowest BCUT2D eigenvalue weighted by Crippen LogP contribution is -2.32. The molecule has 1 aromatic rings. The van der Waals surface area contributed by atoms with Crippen LogP contribution in [0.25, 0.3) is 0 Å². The van der Waals surface area contributed by atoms with Crippen LogP contribution in [0.3, 0.4) is 0 Å². The van der Waals surface area contributed by atoms with Gasteiger partial charge in [-0.15, -0.1) is 0 Å². The Hall–Kier alpha value is -1.33. The molecule has 0 aliphatic rings. The molecule has 17 heavy (non-hydrogen) atoms. The molecule has 1 unspecified atom stereocenters. The molecule has 1 atom stereocenters. The van der Waals surface area contributed by atoms with E-state index in [-0.39, 0.29) is 17.1 Å². The molecule has 1 heterocycles. The summed E-state index contributed by atoms with van der Waals surface area (Å²) in [4.78, 5) is 14.8. The van der Waals surface area contributed by atoms with Crippen molar-refractivity contribution in [2.75, 3.05) is 11.9 Å². The Balaban J connectivity index is 2.80. The highest BCUT2D eigenvalue weighted by molar-refractivity contribution is 6.33. The summed E-state index contributed by atoms with van der Waals surface area (Å²) in [6.45, 7) is 3.84. The van der Waals surface area contributed by atoms with E-state index in [2.05, 4.69) is 10.3 Å². The van der Waals surface area contributed by atoms with Gasteiger partial charge in [0.2, 0.25) is 0 Å². The summed E-state index contributed by atoms with van der Waals surface area (Å²) in [5, 5.41) is 21.6. The molecular weight excluding hydrogens is 244 g/mol. The number of pyridine rings is 1. The van der Waals surface area contributed by atoms with Crippen LogP contribution in [-0.4, -0.2) is 33.3 Å². The summed E-state index contributed by atoms with van der Waals surface area (Å²) in [6.07, 6.45) is 1.85. The minimum Gasteiger partial charge on any atom is -0.478 e. The van der Waals surface area contributed by atoms with Gasteiger partial charge in [-0.05, 0) is 19.4 Å². The topological polar surface area (TPSA) is 82.5 Å². The number of carbonyl (C=O) groups is 1. The second-order valence-electron chi connectivity index (χ2n) is 4.06. The standard InChI is InChI=1S/C11H15ClN2O3/c1-3-11(2,17)6-14-9-4-7(10(15)16)8(12)5-13-9/h4-5,17H,3,6H2,1-2H3,(H,13,14)(H,15,16). The van der Waals surface area contributed by atoms with E-state index in [0.717, 1.165) is 0 Å². The average Bonchev–Trinajstić information content (AvgIpc) is 2.27. The van der Waals surface area contributed by atoms with Crippen molar-refractivity contribution in [3.8, 4) is 0 Å². The molecule has 5 nitrogen and oxygen atoms in total. The zero-order valence-electron chi connectivity index (χ0n) is 9.70. The number of anilines is 1. The number of aromatic carboxylic acids is 1. The second kappa shape index (κ2) is 5.33. The Bertz CT molecular complexity index is 421.